The average molecular weight is 320 g/mol. The Labute approximate surface area is 136 Å². The monoisotopic (exact) mass is 320 g/mol. The summed E-state index contributed by atoms with van der Waals surface area (Å²) in [4.78, 5) is 28.1. The third kappa shape index (κ3) is 4.10. The summed E-state index contributed by atoms with van der Waals surface area (Å²) >= 11 is 0. The van der Waals surface area contributed by atoms with Crippen molar-refractivity contribution in [3.05, 3.63) is 11.8 Å². The number of amides is 2. The summed E-state index contributed by atoms with van der Waals surface area (Å²) in [5, 5.41) is 6.49. The van der Waals surface area contributed by atoms with Gasteiger partial charge in [-0.3, -0.25) is 19.8 Å². The number of anilines is 1. The van der Waals surface area contributed by atoms with E-state index in [0.29, 0.717) is 18.5 Å². The van der Waals surface area contributed by atoms with E-state index in [1.165, 1.54) is 0 Å². The molecule has 2 amide bonds. The van der Waals surface area contributed by atoms with E-state index in [9.17, 15) is 9.59 Å². The van der Waals surface area contributed by atoms with E-state index in [4.69, 9.17) is 4.52 Å². The van der Waals surface area contributed by atoms with Crippen LogP contribution in [0.4, 0.5) is 5.88 Å². The number of rotatable bonds is 6. The predicted octanol–water partition coefficient (Wildman–Crippen LogP) is 1.40. The molecule has 1 unspecified atom stereocenters. The van der Waals surface area contributed by atoms with Crippen LogP contribution in [0.5, 0.6) is 0 Å². The predicted molar refractivity (Wildman–Crippen MR) is 84.9 cm³/mol. The SMILES string of the molecule is CC(=O)N(CC1CCCN1CC(=O)Nc1cc(C)no1)C1CC1. The van der Waals surface area contributed by atoms with Crippen molar-refractivity contribution in [2.75, 3.05) is 25.0 Å². The highest BCUT2D eigenvalue weighted by atomic mass is 16.5. The first-order valence-corrected chi connectivity index (χ1v) is 8.27. The molecule has 1 N–H and O–H groups in total. The van der Waals surface area contributed by atoms with E-state index in [2.05, 4.69) is 15.4 Å². The Hall–Kier alpha value is -1.89. The van der Waals surface area contributed by atoms with Crippen LogP contribution >= 0.6 is 0 Å². The fraction of sp³-hybridized carbons (Fsp3) is 0.688. The molecular formula is C16H24N4O3. The molecule has 0 bridgehead atoms. The Balaban J connectivity index is 1.53. The lowest BCUT2D eigenvalue weighted by Crippen LogP contribution is -2.45. The molecule has 1 aliphatic carbocycles. The Kier molecular flexibility index (Phi) is 4.66. The van der Waals surface area contributed by atoms with Crippen molar-refractivity contribution < 1.29 is 14.1 Å². The molecule has 2 aliphatic rings. The number of nitrogens with one attached hydrogen (secondary N) is 1. The topological polar surface area (TPSA) is 78.7 Å². The smallest absolute Gasteiger partial charge is 0.240 e. The Morgan fingerprint density at radius 3 is 2.83 bits per heavy atom. The van der Waals surface area contributed by atoms with Gasteiger partial charge in [0.2, 0.25) is 17.7 Å². The second-order valence-electron chi connectivity index (χ2n) is 6.55. The first kappa shape index (κ1) is 16.0. The van der Waals surface area contributed by atoms with Crippen LogP contribution in [-0.4, -0.2) is 58.5 Å². The van der Waals surface area contributed by atoms with Crippen LogP contribution in [0.1, 0.15) is 38.3 Å². The van der Waals surface area contributed by atoms with Gasteiger partial charge in [-0.25, -0.2) is 0 Å². The van der Waals surface area contributed by atoms with E-state index in [1.54, 1.807) is 13.0 Å². The highest BCUT2D eigenvalue weighted by Gasteiger charge is 2.35. The maximum atomic E-state index is 12.2. The summed E-state index contributed by atoms with van der Waals surface area (Å²) in [6, 6.07) is 2.38. The lowest BCUT2D eigenvalue weighted by atomic mass is 10.2. The summed E-state index contributed by atoms with van der Waals surface area (Å²) in [6.07, 6.45) is 4.32. The zero-order valence-corrected chi connectivity index (χ0v) is 13.7. The fourth-order valence-electron chi connectivity index (χ4n) is 3.24. The molecule has 0 spiro atoms. The van der Waals surface area contributed by atoms with Crippen molar-refractivity contribution in [3.63, 3.8) is 0 Å². The van der Waals surface area contributed by atoms with Crippen LogP contribution in [0.2, 0.25) is 0 Å². The van der Waals surface area contributed by atoms with Gasteiger partial charge in [0.15, 0.2) is 0 Å². The summed E-state index contributed by atoms with van der Waals surface area (Å²) in [5.74, 6) is 0.418. The van der Waals surface area contributed by atoms with Crippen LogP contribution in [-0.2, 0) is 9.59 Å². The highest BCUT2D eigenvalue weighted by Crippen LogP contribution is 2.29. The van der Waals surface area contributed by atoms with Crippen LogP contribution < -0.4 is 5.32 Å². The summed E-state index contributed by atoms with van der Waals surface area (Å²) in [6.45, 7) is 5.39. The van der Waals surface area contributed by atoms with Gasteiger partial charge in [-0.05, 0) is 39.2 Å². The standard InChI is InChI=1S/C16H24N4O3/c1-11-8-16(23-18-11)17-15(22)10-19-7-3-4-14(19)9-20(12(2)21)13-5-6-13/h8,13-14H,3-7,9-10H2,1-2H3,(H,17,22). The maximum absolute atomic E-state index is 12.2. The van der Waals surface area contributed by atoms with E-state index in [1.807, 2.05) is 11.8 Å². The molecule has 1 aliphatic heterocycles. The second kappa shape index (κ2) is 6.70. The van der Waals surface area contributed by atoms with E-state index in [0.717, 1.165) is 44.5 Å². The van der Waals surface area contributed by atoms with Crippen LogP contribution in [0.3, 0.4) is 0 Å². The maximum Gasteiger partial charge on any atom is 0.240 e. The zero-order valence-electron chi connectivity index (χ0n) is 13.7. The summed E-state index contributed by atoms with van der Waals surface area (Å²) in [5.41, 5.74) is 0.737. The van der Waals surface area contributed by atoms with Gasteiger partial charge in [-0.15, -0.1) is 0 Å². The van der Waals surface area contributed by atoms with Crippen molar-refractivity contribution >= 4 is 17.7 Å². The van der Waals surface area contributed by atoms with Crippen molar-refractivity contribution in [2.45, 2.75) is 51.6 Å². The molecule has 0 aromatic carbocycles. The molecule has 7 heteroatoms. The molecule has 1 saturated carbocycles. The molecule has 3 rings (SSSR count). The zero-order chi connectivity index (χ0) is 16.4. The third-order valence-corrected chi connectivity index (χ3v) is 4.54. The number of hydrogen-bond donors (Lipinski definition) is 1. The average Bonchev–Trinajstić information content (AvgIpc) is 3.11. The van der Waals surface area contributed by atoms with Crippen molar-refractivity contribution in [1.82, 2.24) is 15.0 Å². The van der Waals surface area contributed by atoms with Gasteiger partial charge in [-0.2, -0.15) is 0 Å². The minimum atomic E-state index is -0.103. The molecule has 2 heterocycles. The molecule has 1 aromatic heterocycles. The van der Waals surface area contributed by atoms with E-state index in [-0.39, 0.29) is 17.9 Å². The van der Waals surface area contributed by atoms with Gasteiger partial charge in [0.1, 0.15) is 0 Å². The minimum Gasteiger partial charge on any atom is -0.338 e. The van der Waals surface area contributed by atoms with Gasteiger partial charge < -0.3 is 9.42 Å². The number of carbonyl (C=O) groups excluding carboxylic acids is 2. The van der Waals surface area contributed by atoms with Gasteiger partial charge in [0.25, 0.3) is 0 Å². The van der Waals surface area contributed by atoms with Gasteiger partial charge in [0.05, 0.1) is 12.2 Å². The van der Waals surface area contributed by atoms with Gasteiger partial charge in [0, 0.05) is 31.6 Å². The molecule has 23 heavy (non-hydrogen) atoms. The van der Waals surface area contributed by atoms with Gasteiger partial charge in [-0.1, -0.05) is 5.16 Å². The Morgan fingerprint density at radius 2 is 2.22 bits per heavy atom. The van der Waals surface area contributed by atoms with Crippen molar-refractivity contribution in [1.29, 1.82) is 0 Å². The first-order valence-electron chi connectivity index (χ1n) is 8.27. The van der Waals surface area contributed by atoms with Crippen LogP contribution in [0.15, 0.2) is 10.6 Å². The van der Waals surface area contributed by atoms with E-state index >= 15 is 0 Å². The quantitative estimate of drug-likeness (QED) is 0.857. The third-order valence-electron chi connectivity index (χ3n) is 4.54. The molecule has 7 nitrogen and oxygen atoms in total. The van der Waals surface area contributed by atoms with Crippen LogP contribution in [0, 0.1) is 6.92 Å². The first-order chi connectivity index (χ1) is 11.0. The van der Waals surface area contributed by atoms with Crippen LogP contribution in [0.25, 0.3) is 0 Å². The normalized spacial score (nSPS) is 21.4. The number of carbonyl (C=O) groups is 2. The number of aryl methyl sites for hydroxylation is 1. The largest absolute Gasteiger partial charge is 0.338 e. The number of aromatic nitrogens is 1. The van der Waals surface area contributed by atoms with Gasteiger partial charge >= 0.3 is 0 Å². The molecular weight excluding hydrogens is 296 g/mol. The van der Waals surface area contributed by atoms with Crippen molar-refractivity contribution in [2.24, 2.45) is 0 Å². The molecule has 126 valence electrons. The lowest BCUT2D eigenvalue weighted by molar-refractivity contribution is -0.130. The second-order valence-corrected chi connectivity index (χ2v) is 6.55. The molecule has 1 atom stereocenters. The highest BCUT2D eigenvalue weighted by molar-refractivity contribution is 5.91. The Bertz CT molecular complexity index is 582. The molecule has 1 aromatic rings. The number of likely N-dealkylation sites (tertiary alicyclic amines) is 1. The lowest BCUT2D eigenvalue weighted by Gasteiger charge is -2.30. The number of hydrogen-bond acceptors (Lipinski definition) is 5. The molecule has 2 fully saturated rings. The number of nitrogens with zero attached hydrogens (tertiary/aromatic N) is 3. The van der Waals surface area contributed by atoms with Crippen molar-refractivity contribution in [3.8, 4) is 0 Å². The molecule has 1 saturated heterocycles. The summed E-state index contributed by atoms with van der Waals surface area (Å²) in [7, 11) is 0. The minimum absolute atomic E-state index is 0.103. The van der Waals surface area contributed by atoms with E-state index < -0.39 is 0 Å². The fourth-order valence-corrected chi connectivity index (χ4v) is 3.24. The Morgan fingerprint density at radius 1 is 1.43 bits per heavy atom. The summed E-state index contributed by atoms with van der Waals surface area (Å²) < 4.78 is 5.01. The molecule has 0 radical (unpaired) electrons.